The van der Waals surface area contributed by atoms with E-state index in [4.69, 9.17) is 4.74 Å². The molecule has 1 heterocycles. The zero-order chi connectivity index (χ0) is 15.5. The highest BCUT2D eigenvalue weighted by Crippen LogP contribution is 2.29. The van der Waals surface area contributed by atoms with Crippen molar-refractivity contribution in [3.63, 3.8) is 0 Å². The summed E-state index contributed by atoms with van der Waals surface area (Å²) < 4.78 is 5.62. The second kappa shape index (κ2) is 6.22. The predicted molar refractivity (Wildman–Crippen MR) is 81.9 cm³/mol. The fourth-order valence-corrected chi connectivity index (χ4v) is 3.08. The van der Waals surface area contributed by atoms with Crippen LogP contribution in [-0.4, -0.2) is 18.1 Å². The Hall–Kier alpha value is -2.30. The lowest BCUT2D eigenvalue weighted by atomic mass is 9.95. The number of nitrogens with one attached hydrogen (secondary N) is 2. The van der Waals surface area contributed by atoms with Crippen LogP contribution in [0.4, 0.5) is 4.79 Å². The minimum Gasteiger partial charge on any atom is -0.459 e. The van der Waals surface area contributed by atoms with Gasteiger partial charge in [-0.25, -0.2) is 9.59 Å². The number of urea groups is 1. The van der Waals surface area contributed by atoms with Gasteiger partial charge in [-0.2, -0.15) is 0 Å². The lowest BCUT2D eigenvalue weighted by molar-refractivity contribution is -0.144. The standard InChI is InChI=1S/C17H20N2O3/c1-11-14(16(20)22-13-9-5-6-10-13)15(19-17(21)18-11)12-7-3-2-4-8-12/h2-4,7-8,13,15H,5-6,9-10H2,1H3,(H2,18,19,21)/t15-/m0/s1. The Balaban J connectivity index is 1.88. The first kappa shape index (κ1) is 14.6. The van der Waals surface area contributed by atoms with Gasteiger partial charge in [-0.15, -0.1) is 0 Å². The Morgan fingerprint density at radius 2 is 1.86 bits per heavy atom. The van der Waals surface area contributed by atoms with Crippen molar-refractivity contribution in [3.8, 4) is 0 Å². The smallest absolute Gasteiger partial charge is 0.338 e. The monoisotopic (exact) mass is 300 g/mol. The van der Waals surface area contributed by atoms with E-state index in [1.54, 1.807) is 6.92 Å². The molecule has 1 saturated carbocycles. The van der Waals surface area contributed by atoms with Crippen LogP contribution >= 0.6 is 0 Å². The number of hydrogen-bond acceptors (Lipinski definition) is 3. The normalized spacial score (nSPS) is 22.2. The van der Waals surface area contributed by atoms with E-state index < -0.39 is 6.04 Å². The van der Waals surface area contributed by atoms with Crippen molar-refractivity contribution in [2.45, 2.75) is 44.8 Å². The van der Waals surface area contributed by atoms with Crippen LogP contribution in [0.3, 0.4) is 0 Å². The third-order valence-corrected chi connectivity index (χ3v) is 4.20. The van der Waals surface area contributed by atoms with Crippen LogP contribution in [0.25, 0.3) is 0 Å². The van der Waals surface area contributed by atoms with Crippen LogP contribution in [0.5, 0.6) is 0 Å². The number of carbonyl (C=O) groups excluding carboxylic acids is 2. The number of amides is 2. The number of esters is 1. The Labute approximate surface area is 129 Å². The van der Waals surface area contributed by atoms with Crippen LogP contribution in [0, 0.1) is 0 Å². The van der Waals surface area contributed by atoms with Gasteiger partial charge >= 0.3 is 12.0 Å². The number of hydrogen-bond donors (Lipinski definition) is 2. The highest BCUT2D eigenvalue weighted by Gasteiger charge is 2.33. The molecule has 0 aromatic heterocycles. The average Bonchev–Trinajstić information content (AvgIpc) is 3.00. The van der Waals surface area contributed by atoms with Gasteiger partial charge in [0.15, 0.2) is 0 Å². The molecule has 116 valence electrons. The van der Waals surface area contributed by atoms with E-state index in [0.29, 0.717) is 11.3 Å². The van der Waals surface area contributed by atoms with Crippen LogP contribution in [0.15, 0.2) is 41.6 Å². The zero-order valence-corrected chi connectivity index (χ0v) is 12.6. The van der Waals surface area contributed by atoms with E-state index in [1.165, 1.54) is 0 Å². The van der Waals surface area contributed by atoms with E-state index in [-0.39, 0.29) is 18.1 Å². The van der Waals surface area contributed by atoms with Crippen molar-refractivity contribution in [1.29, 1.82) is 0 Å². The molecule has 0 unspecified atom stereocenters. The fraction of sp³-hybridized carbons (Fsp3) is 0.412. The van der Waals surface area contributed by atoms with Gasteiger partial charge in [0.2, 0.25) is 0 Å². The number of ether oxygens (including phenoxy) is 1. The topological polar surface area (TPSA) is 67.4 Å². The SMILES string of the molecule is CC1=C(C(=O)OC2CCCC2)[C@H](c2ccccc2)NC(=O)N1. The molecule has 22 heavy (non-hydrogen) atoms. The maximum absolute atomic E-state index is 12.6. The summed E-state index contributed by atoms with van der Waals surface area (Å²) in [7, 11) is 0. The summed E-state index contributed by atoms with van der Waals surface area (Å²) in [5, 5.41) is 5.47. The first-order chi connectivity index (χ1) is 10.6. The van der Waals surface area contributed by atoms with Crippen molar-refractivity contribution in [1.82, 2.24) is 10.6 Å². The first-order valence-corrected chi connectivity index (χ1v) is 7.69. The van der Waals surface area contributed by atoms with Gasteiger partial charge in [-0.1, -0.05) is 30.3 Å². The van der Waals surface area contributed by atoms with Crippen LogP contribution in [0.2, 0.25) is 0 Å². The van der Waals surface area contributed by atoms with Crippen molar-refractivity contribution in [2.75, 3.05) is 0 Å². The second-order valence-electron chi connectivity index (χ2n) is 5.79. The molecule has 1 aromatic rings. The van der Waals surface area contributed by atoms with Crippen LogP contribution in [-0.2, 0) is 9.53 Å². The molecule has 1 aliphatic carbocycles. The second-order valence-corrected chi connectivity index (χ2v) is 5.79. The van der Waals surface area contributed by atoms with Gasteiger partial charge in [0.05, 0.1) is 11.6 Å². The molecule has 3 rings (SSSR count). The predicted octanol–water partition coefficient (Wildman–Crippen LogP) is 2.80. The molecule has 1 aromatic carbocycles. The summed E-state index contributed by atoms with van der Waals surface area (Å²) in [5.74, 6) is -0.342. The van der Waals surface area contributed by atoms with Crippen LogP contribution < -0.4 is 10.6 Å². The van der Waals surface area contributed by atoms with Gasteiger partial charge in [0.1, 0.15) is 6.10 Å². The molecule has 2 N–H and O–H groups in total. The molecular weight excluding hydrogens is 280 g/mol. The molecule has 0 spiro atoms. The Bertz CT molecular complexity index is 604. The maximum atomic E-state index is 12.6. The molecule has 0 bridgehead atoms. The summed E-state index contributed by atoms with van der Waals surface area (Å²) >= 11 is 0. The van der Waals surface area contributed by atoms with Gasteiger partial charge < -0.3 is 15.4 Å². The lowest BCUT2D eigenvalue weighted by Crippen LogP contribution is -2.45. The van der Waals surface area contributed by atoms with Crippen LogP contribution in [0.1, 0.15) is 44.2 Å². The molecule has 1 fully saturated rings. The minimum absolute atomic E-state index is 0.00171. The third kappa shape index (κ3) is 2.98. The minimum atomic E-state index is -0.469. The van der Waals surface area contributed by atoms with E-state index >= 15 is 0 Å². The molecule has 2 aliphatic rings. The summed E-state index contributed by atoms with van der Waals surface area (Å²) in [5.41, 5.74) is 1.91. The van der Waals surface area contributed by atoms with Crippen molar-refractivity contribution in [3.05, 3.63) is 47.2 Å². The summed E-state index contributed by atoms with van der Waals surface area (Å²) in [4.78, 5) is 24.3. The number of carbonyl (C=O) groups is 2. The summed E-state index contributed by atoms with van der Waals surface area (Å²) in [6.45, 7) is 1.74. The van der Waals surface area contributed by atoms with Crippen molar-refractivity contribution >= 4 is 12.0 Å². The quantitative estimate of drug-likeness (QED) is 0.843. The lowest BCUT2D eigenvalue weighted by Gasteiger charge is -2.28. The number of benzene rings is 1. The first-order valence-electron chi connectivity index (χ1n) is 7.69. The molecule has 1 atom stereocenters. The number of rotatable bonds is 3. The zero-order valence-electron chi connectivity index (χ0n) is 12.6. The Morgan fingerprint density at radius 1 is 1.18 bits per heavy atom. The number of allylic oxidation sites excluding steroid dienone is 1. The van der Waals surface area contributed by atoms with Crippen molar-refractivity contribution < 1.29 is 14.3 Å². The molecule has 0 radical (unpaired) electrons. The summed E-state index contributed by atoms with van der Waals surface area (Å²) in [6.07, 6.45) is 4.06. The van der Waals surface area contributed by atoms with Crippen molar-refractivity contribution in [2.24, 2.45) is 0 Å². The molecule has 5 heteroatoms. The highest BCUT2D eigenvalue weighted by molar-refractivity contribution is 5.95. The highest BCUT2D eigenvalue weighted by atomic mass is 16.5. The van der Waals surface area contributed by atoms with Gasteiger partial charge in [0, 0.05) is 5.70 Å². The molecule has 5 nitrogen and oxygen atoms in total. The van der Waals surface area contributed by atoms with E-state index in [2.05, 4.69) is 10.6 Å². The van der Waals surface area contributed by atoms with Gasteiger partial charge in [-0.3, -0.25) is 0 Å². The fourth-order valence-electron chi connectivity index (χ4n) is 3.08. The van der Waals surface area contributed by atoms with Gasteiger partial charge in [-0.05, 0) is 38.2 Å². The van der Waals surface area contributed by atoms with E-state index in [9.17, 15) is 9.59 Å². The van der Waals surface area contributed by atoms with E-state index in [1.807, 2.05) is 30.3 Å². The van der Waals surface area contributed by atoms with Gasteiger partial charge in [0.25, 0.3) is 0 Å². The third-order valence-electron chi connectivity index (χ3n) is 4.20. The Morgan fingerprint density at radius 3 is 2.55 bits per heavy atom. The van der Waals surface area contributed by atoms with E-state index in [0.717, 1.165) is 31.2 Å². The maximum Gasteiger partial charge on any atom is 0.338 e. The summed E-state index contributed by atoms with van der Waals surface area (Å²) in [6, 6.07) is 8.70. The molecule has 0 saturated heterocycles. The average molecular weight is 300 g/mol. The Kier molecular flexibility index (Phi) is 4.13. The largest absolute Gasteiger partial charge is 0.459 e. The molecule has 2 amide bonds. The molecular formula is C17H20N2O3. The molecule has 1 aliphatic heterocycles.